The van der Waals surface area contributed by atoms with Crippen molar-refractivity contribution in [1.29, 1.82) is 5.41 Å². The van der Waals surface area contributed by atoms with Gasteiger partial charge >= 0.3 is 0 Å². The summed E-state index contributed by atoms with van der Waals surface area (Å²) in [5.41, 5.74) is 3.04. The Morgan fingerprint density at radius 1 is 1.02 bits per heavy atom. The molecule has 5 aromatic rings. The fourth-order valence-electron chi connectivity index (χ4n) is 4.68. The van der Waals surface area contributed by atoms with E-state index >= 15 is 0 Å². The molecule has 0 aliphatic heterocycles. The highest BCUT2D eigenvalue weighted by Crippen LogP contribution is 2.28. The van der Waals surface area contributed by atoms with E-state index in [1.54, 1.807) is 37.1 Å². The highest BCUT2D eigenvalue weighted by Gasteiger charge is 2.18. The largest absolute Gasteiger partial charge is 0.493 e. The Morgan fingerprint density at radius 2 is 1.80 bits per heavy atom. The van der Waals surface area contributed by atoms with Crippen molar-refractivity contribution in [3.8, 4) is 11.5 Å². The second-order valence-electron chi connectivity index (χ2n) is 9.31. The summed E-state index contributed by atoms with van der Waals surface area (Å²) >= 11 is 6.26. The van der Waals surface area contributed by atoms with Crippen molar-refractivity contribution in [2.75, 3.05) is 14.2 Å². The summed E-state index contributed by atoms with van der Waals surface area (Å²) in [4.78, 5) is 31.7. The van der Waals surface area contributed by atoms with Gasteiger partial charge in [0.25, 0.3) is 11.5 Å². The van der Waals surface area contributed by atoms with Crippen LogP contribution >= 0.6 is 11.6 Å². The van der Waals surface area contributed by atoms with Crippen LogP contribution in [0.4, 0.5) is 0 Å². The van der Waals surface area contributed by atoms with Crippen LogP contribution < -0.4 is 25.8 Å². The molecule has 0 fully saturated rings. The molecule has 9 nitrogen and oxygen atoms in total. The Bertz CT molecular complexity index is 1880. The average Bonchev–Trinajstić information content (AvgIpc) is 2.96. The lowest BCUT2D eigenvalue weighted by Gasteiger charge is -2.16. The summed E-state index contributed by atoms with van der Waals surface area (Å²) in [5, 5.41) is 12.6. The molecule has 0 aliphatic rings. The fourth-order valence-corrected chi connectivity index (χ4v) is 4.88. The lowest BCUT2D eigenvalue weighted by Crippen LogP contribution is -2.35. The van der Waals surface area contributed by atoms with Gasteiger partial charge in [0, 0.05) is 24.3 Å². The predicted octanol–water partition coefficient (Wildman–Crippen LogP) is 4.28. The second-order valence-corrected chi connectivity index (χ2v) is 9.72. The molecular formula is C30H28ClN5O4. The van der Waals surface area contributed by atoms with Crippen LogP contribution in [0.3, 0.4) is 0 Å². The van der Waals surface area contributed by atoms with E-state index in [2.05, 4.69) is 5.32 Å². The number of nitrogens with zero attached hydrogens (tertiary/aromatic N) is 3. The van der Waals surface area contributed by atoms with Gasteiger partial charge < -0.3 is 19.4 Å². The van der Waals surface area contributed by atoms with Gasteiger partial charge in [0.1, 0.15) is 16.8 Å². The Balaban J connectivity index is 1.61. The minimum atomic E-state index is -0.486. The number of pyridine rings is 2. The van der Waals surface area contributed by atoms with Gasteiger partial charge in [0.05, 0.1) is 25.2 Å². The molecule has 3 aromatic heterocycles. The summed E-state index contributed by atoms with van der Waals surface area (Å²) < 4.78 is 13.9. The van der Waals surface area contributed by atoms with Crippen LogP contribution in [0.25, 0.3) is 16.7 Å². The number of benzene rings is 2. The van der Waals surface area contributed by atoms with Crippen molar-refractivity contribution in [3.05, 3.63) is 110 Å². The Kier molecular flexibility index (Phi) is 7.57. The molecule has 40 heavy (non-hydrogen) atoms. The predicted molar refractivity (Wildman–Crippen MR) is 153 cm³/mol. The average molecular weight is 558 g/mol. The number of hydrogen-bond donors (Lipinski definition) is 2. The molecule has 204 valence electrons. The molecule has 2 N–H and O–H groups in total. The highest BCUT2D eigenvalue weighted by molar-refractivity contribution is 6.31. The minimum Gasteiger partial charge on any atom is -0.493 e. The maximum Gasteiger partial charge on any atom is 0.267 e. The maximum atomic E-state index is 13.6. The molecule has 1 amide bonds. The number of rotatable bonds is 8. The summed E-state index contributed by atoms with van der Waals surface area (Å²) in [7, 11) is 3.14. The number of methoxy groups -OCH3 is 2. The standard InChI is InChI=1S/C30H28ClN5O4/c1-18-7-6-13-36-27(18)34-28-22(30(36)38)16-21(29(37)33-17-20-8-4-5-9-23(20)31)26(32)35(28)14-12-19-10-11-24(39-2)25(15-19)40-3/h4-11,13,15-16,32H,12,14,17H2,1-3H3,(H,33,37). The number of carbonyl (C=O) groups excluding carboxylic acids is 1. The second kappa shape index (κ2) is 11.2. The Labute approximate surface area is 235 Å². The molecule has 0 aliphatic carbocycles. The maximum absolute atomic E-state index is 13.6. The minimum absolute atomic E-state index is 0.0468. The molecule has 0 radical (unpaired) electrons. The smallest absolute Gasteiger partial charge is 0.267 e. The molecule has 0 bridgehead atoms. The lowest BCUT2D eigenvalue weighted by molar-refractivity contribution is 0.0948. The van der Waals surface area contributed by atoms with E-state index < -0.39 is 5.91 Å². The van der Waals surface area contributed by atoms with Crippen molar-refractivity contribution < 1.29 is 14.3 Å². The van der Waals surface area contributed by atoms with E-state index in [-0.39, 0.29) is 28.5 Å². The van der Waals surface area contributed by atoms with Crippen molar-refractivity contribution >= 4 is 34.2 Å². The molecule has 0 atom stereocenters. The number of nitrogens with one attached hydrogen (secondary N) is 2. The zero-order valence-electron chi connectivity index (χ0n) is 22.3. The van der Waals surface area contributed by atoms with E-state index in [4.69, 9.17) is 31.5 Å². The number of aryl methyl sites for hydroxylation is 3. The van der Waals surface area contributed by atoms with Gasteiger partial charge in [-0.2, -0.15) is 0 Å². The summed E-state index contributed by atoms with van der Waals surface area (Å²) in [5.74, 6) is 0.714. The summed E-state index contributed by atoms with van der Waals surface area (Å²) in [6.45, 7) is 2.35. The van der Waals surface area contributed by atoms with Crippen molar-refractivity contribution in [3.63, 3.8) is 0 Å². The quantitative estimate of drug-likeness (QED) is 0.277. The van der Waals surface area contributed by atoms with Gasteiger partial charge in [0.15, 0.2) is 11.5 Å². The fraction of sp³-hybridized carbons (Fsp3) is 0.200. The van der Waals surface area contributed by atoms with Crippen LogP contribution in [0, 0.1) is 12.3 Å². The van der Waals surface area contributed by atoms with Crippen LogP contribution in [0.15, 0.2) is 71.7 Å². The molecule has 0 unspecified atom stereocenters. The Morgan fingerprint density at radius 3 is 2.55 bits per heavy atom. The van der Waals surface area contributed by atoms with Crippen LogP contribution in [-0.4, -0.2) is 34.1 Å². The van der Waals surface area contributed by atoms with Gasteiger partial charge in [-0.3, -0.25) is 19.4 Å². The number of amides is 1. The van der Waals surface area contributed by atoms with Crippen molar-refractivity contribution in [1.82, 2.24) is 19.3 Å². The van der Waals surface area contributed by atoms with Gasteiger partial charge in [-0.05, 0) is 60.4 Å². The third kappa shape index (κ3) is 5.03. The lowest BCUT2D eigenvalue weighted by atomic mass is 10.1. The number of fused-ring (bicyclic) bond motifs is 2. The molecule has 0 saturated heterocycles. The molecule has 2 aromatic carbocycles. The number of carbonyl (C=O) groups is 1. The Hall–Kier alpha value is -4.63. The monoisotopic (exact) mass is 557 g/mol. The van der Waals surface area contributed by atoms with Crippen LogP contribution in [0.1, 0.15) is 27.0 Å². The zero-order valence-corrected chi connectivity index (χ0v) is 23.1. The molecule has 0 saturated carbocycles. The van der Waals surface area contributed by atoms with E-state index in [0.29, 0.717) is 40.8 Å². The van der Waals surface area contributed by atoms with Gasteiger partial charge in [-0.25, -0.2) is 4.98 Å². The third-order valence-corrected chi connectivity index (χ3v) is 7.22. The molecule has 3 heterocycles. The number of hydrogen-bond acceptors (Lipinski definition) is 6. The van der Waals surface area contributed by atoms with Crippen LogP contribution in [0.5, 0.6) is 11.5 Å². The van der Waals surface area contributed by atoms with Crippen LogP contribution in [0.2, 0.25) is 5.02 Å². The first-order chi connectivity index (χ1) is 19.3. The number of aromatic nitrogens is 3. The third-order valence-electron chi connectivity index (χ3n) is 6.85. The van der Waals surface area contributed by atoms with Crippen LogP contribution in [-0.2, 0) is 19.5 Å². The van der Waals surface area contributed by atoms with Gasteiger partial charge in [-0.15, -0.1) is 0 Å². The molecule has 10 heteroatoms. The molecule has 0 spiro atoms. The number of halogens is 1. The van der Waals surface area contributed by atoms with E-state index in [1.807, 2.05) is 49.4 Å². The molecular weight excluding hydrogens is 530 g/mol. The first kappa shape index (κ1) is 27.0. The number of ether oxygens (including phenoxy) is 2. The highest BCUT2D eigenvalue weighted by atomic mass is 35.5. The van der Waals surface area contributed by atoms with E-state index in [0.717, 1.165) is 16.7 Å². The van der Waals surface area contributed by atoms with E-state index in [9.17, 15) is 9.59 Å². The van der Waals surface area contributed by atoms with Crippen molar-refractivity contribution in [2.24, 2.45) is 0 Å². The topological polar surface area (TPSA) is 111 Å². The summed E-state index contributed by atoms with van der Waals surface area (Å²) in [6, 6.07) is 17.9. The summed E-state index contributed by atoms with van der Waals surface area (Å²) in [6.07, 6.45) is 2.14. The first-order valence-corrected chi connectivity index (χ1v) is 13.0. The molecule has 5 rings (SSSR count). The van der Waals surface area contributed by atoms with Gasteiger partial charge in [0.2, 0.25) is 0 Å². The van der Waals surface area contributed by atoms with Gasteiger partial charge in [-0.1, -0.05) is 41.9 Å². The SMILES string of the molecule is COc1ccc(CCn2c(=N)c(C(=O)NCc3ccccc3Cl)cc3c(=O)n4cccc(C)c4nc32)cc1OC. The van der Waals surface area contributed by atoms with Crippen molar-refractivity contribution in [2.45, 2.75) is 26.4 Å². The normalized spacial score (nSPS) is 11.1. The van der Waals surface area contributed by atoms with E-state index in [1.165, 1.54) is 10.5 Å². The first-order valence-electron chi connectivity index (χ1n) is 12.6. The zero-order chi connectivity index (χ0) is 28.4.